The lowest BCUT2D eigenvalue weighted by Gasteiger charge is -2.45. The molecule has 0 amide bonds. The molecule has 2 atom stereocenters. The fourth-order valence-corrected chi connectivity index (χ4v) is 3.58. The third kappa shape index (κ3) is 2.48. The molecule has 2 unspecified atom stereocenters. The van der Waals surface area contributed by atoms with Gasteiger partial charge in [0.25, 0.3) is 0 Å². The van der Waals surface area contributed by atoms with Crippen LogP contribution >= 0.6 is 11.6 Å². The highest BCUT2D eigenvalue weighted by atomic mass is 35.5. The van der Waals surface area contributed by atoms with Crippen LogP contribution in [0.4, 0.5) is 5.69 Å². The van der Waals surface area contributed by atoms with Crippen LogP contribution in [0.25, 0.3) is 0 Å². The van der Waals surface area contributed by atoms with Crippen LogP contribution in [-0.2, 0) is 5.60 Å². The first-order valence-electron chi connectivity index (χ1n) is 7.52. The fourth-order valence-electron chi connectivity index (χ4n) is 3.41. The van der Waals surface area contributed by atoms with Gasteiger partial charge in [-0.15, -0.1) is 0 Å². The monoisotopic (exact) mass is 329 g/mol. The highest BCUT2D eigenvalue weighted by Crippen LogP contribution is 2.46. The Morgan fingerprint density at radius 2 is 2.00 bits per heavy atom. The Hall–Kier alpha value is -2.04. The zero-order chi connectivity index (χ0) is 16.6. The van der Waals surface area contributed by atoms with Gasteiger partial charge in [-0.05, 0) is 30.7 Å². The van der Waals surface area contributed by atoms with E-state index in [2.05, 4.69) is 10.0 Å². The first-order chi connectivity index (χ1) is 11.0. The Morgan fingerprint density at radius 1 is 1.30 bits per heavy atom. The summed E-state index contributed by atoms with van der Waals surface area (Å²) in [6.07, 6.45) is 0. The largest absolute Gasteiger partial charge is 0.380 e. The van der Waals surface area contributed by atoms with Crippen molar-refractivity contribution in [2.45, 2.75) is 12.5 Å². The van der Waals surface area contributed by atoms with Crippen LogP contribution in [-0.4, -0.2) is 24.4 Å². The standard InChI is InChI=1S/C18H20ClN3O/c1-12(21-20)16-11-22(2)17-9-8-14(19)10-15(17)18(16,23)13-6-4-3-5-7-13/h3-10,16,23H,11,20H2,1-2H3/b21-12+. The molecule has 120 valence electrons. The van der Waals surface area contributed by atoms with Crippen LogP contribution in [0.3, 0.4) is 0 Å². The molecule has 0 aliphatic carbocycles. The number of nitrogens with two attached hydrogens (primary N) is 1. The van der Waals surface area contributed by atoms with Crippen molar-refractivity contribution in [1.29, 1.82) is 0 Å². The predicted molar refractivity (Wildman–Crippen MR) is 94.9 cm³/mol. The average Bonchev–Trinajstić information content (AvgIpc) is 2.58. The number of halogens is 1. The lowest BCUT2D eigenvalue weighted by Crippen LogP contribution is -2.50. The van der Waals surface area contributed by atoms with Gasteiger partial charge in [-0.3, -0.25) is 0 Å². The lowest BCUT2D eigenvalue weighted by molar-refractivity contribution is 0.0419. The summed E-state index contributed by atoms with van der Waals surface area (Å²) in [5.74, 6) is 5.27. The summed E-state index contributed by atoms with van der Waals surface area (Å²) >= 11 is 6.22. The minimum absolute atomic E-state index is 0.258. The van der Waals surface area contributed by atoms with E-state index in [4.69, 9.17) is 17.4 Å². The lowest BCUT2D eigenvalue weighted by atomic mass is 9.71. The molecular formula is C18H20ClN3O. The molecule has 3 N–H and O–H groups in total. The second-order valence-corrected chi connectivity index (χ2v) is 6.43. The minimum Gasteiger partial charge on any atom is -0.380 e. The zero-order valence-corrected chi connectivity index (χ0v) is 14.0. The first-order valence-corrected chi connectivity index (χ1v) is 7.89. The topological polar surface area (TPSA) is 61.8 Å². The number of rotatable bonds is 2. The third-order valence-electron chi connectivity index (χ3n) is 4.66. The summed E-state index contributed by atoms with van der Waals surface area (Å²) in [4.78, 5) is 2.10. The van der Waals surface area contributed by atoms with Gasteiger partial charge in [-0.1, -0.05) is 41.9 Å². The summed E-state index contributed by atoms with van der Waals surface area (Å²) in [5.41, 5.74) is 2.03. The molecule has 1 aliphatic rings. The van der Waals surface area contributed by atoms with E-state index >= 15 is 0 Å². The maximum Gasteiger partial charge on any atom is 0.126 e. The van der Waals surface area contributed by atoms with Crippen molar-refractivity contribution in [2.24, 2.45) is 16.9 Å². The number of hydrogen-bond donors (Lipinski definition) is 2. The highest BCUT2D eigenvalue weighted by molar-refractivity contribution is 6.30. The van der Waals surface area contributed by atoms with E-state index in [1.54, 1.807) is 0 Å². The average molecular weight is 330 g/mol. The summed E-state index contributed by atoms with van der Waals surface area (Å²) in [7, 11) is 1.99. The molecule has 4 nitrogen and oxygen atoms in total. The van der Waals surface area contributed by atoms with E-state index in [0.717, 1.165) is 16.8 Å². The molecule has 23 heavy (non-hydrogen) atoms. The molecule has 0 saturated carbocycles. The molecule has 0 spiro atoms. The predicted octanol–water partition coefficient (Wildman–Crippen LogP) is 2.98. The summed E-state index contributed by atoms with van der Waals surface area (Å²) < 4.78 is 0. The quantitative estimate of drug-likeness (QED) is 0.506. The zero-order valence-electron chi connectivity index (χ0n) is 13.2. The number of anilines is 1. The summed E-state index contributed by atoms with van der Waals surface area (Å²) in [6.45, 7) is 2.47. The van der Waals surface area contributed by atoms with Crippen molar-refractivity contribution in [3.8, 4) is 0 Å². The van der Waals surface area contributed by atoms with Crippen LogP contribution < -0.4 is 10.7 Å². The second kappa shape index (κ2) is 5.87. The van der Waals surface area contributed by atoms with Gasteiger partial charge in [0, 0.05) is 35.6 Å². The van der Waals surface area contributed by atoms with Crippen LogP contribution in [0.1, 0.15) is 18.1 Å². The fraction of sp³-hybridized carbons (Fsp3) is 0.278. The van der Waals surface area contributed by atoms with Crippen molar-refractivity contribution in [3.05, 3.63) is 64.7 Å². The number of hydrazone groups is 1. The van der Waals surface area contributed by atoms with Crippen LogP contribution in [0.5, 0.6) is 0 Å². The van der Waals surface area contributed by atoms with Gasteiger partial charge in [-0.25, -0.2) is 0 Å². The van der Waals surface area contributed by atoms with Gasteiger partial charge in [0.15, 0.2) is 0 Å². The van der Waals surface area contributed by atoms with Crippen molar-refractivity contribution in [1.82, 2.24) is 0 Å². The second-order valence-electron chi connectivity index (χ2n) is 6.00. The number of hydrogen-bond acceptors (Lipinski definition) is 4. The van der Waals surface area contributed by atoms with Crippen molar-refractivity contribution in [3.63, 3.8) is 0 Å². The highest BCUT2D eigenvalue weighted by Gasteiger charge is 2.47. The van der Waals surface area contributed by atoms with Gasteiger partial charge < -0.3 is 15.8 Å². The molecular weight excluding hydrogens is 310 g/mol. The summed E-state index contributed by atoms with van der Waals surface area (Å²) in [5, 5.41) is 16.2. The van der Waals surface area contributed by atoms with Gasteiger partial charge >= 0.3 is 0 Å². The molecule has 0 aromatic heterocycles. The molecule has 5 heteroatoms. The first kappa shape index (κ1) is 15.8. The van der Waals surface area contributed by atoms with Crippen LogP contribution in [0, 0.1) is 5.92 Å². The molecule has 2 aromatic carbocycles. The number of benzene rings is 2. The van der Waals surface area contributed by atoms with E-state index in [1.165, 1.54) is 0 Å². The Balaban J connectivity index is 2.30. The van der Waals surface area contributed by atoms with E-state index < -0.39 is 5.60 Å². The Morgan fingerprint density at radius 3 is 2.65 bits per heavy atom. The molecule has 1 aliphatic heterocycles. The summed E-state index contributed by atoms with van der Waals surface area (Å²) in [6, 6.07) is 15.2. The minimum atomic E-state index is -1.22. The van der Waals surface area contributed by atoms with Gasteiger partial charge in [0.2, 0.25) is 0 Å². The third-order valence-corrected chi connectivity index (χ3v) is 4.90. The van der Waals surface area contributed by atoms with E-state index in [9.17, 15) is 5.11 Å². The Labute approximate surface area is 141 Å². The van der Waals surface area contributed by atoms with E-state index in [-0.39, 0.29) is 5.92 Å². The van der Waals surface area contributed by atoms with Crippen molar-refractivity contribution >= 4 is 23.0 Å². The Kier molecular flexibility index (Phi) is 4.04. The molecule has 0 bridgehead atoms. The van der Waals surface area contributed by atoms with Gasteiger partial charge in [0.1, 0.15) is 5.60 Å². The van der Waals surface area contributed by atoms with Gasteiger partial charge in [-0.2, -0.15) is 5.10 Å². The van der Waals surface area contributed by atoms with E-state index in [0.29, 0.717) is 17.3 Å². The number of fused-ring (bicyclic) bond motifs is 1. The Bertz CT molecular complexity index is 747. The van der Waals surface area contributed by atoms with Gasteiger partial charge in [0.05, 0.1) is 5.92 Å². The smallest absolute Gasteiger partial charge is 0.126 e. The van der Waals surface area contributed by atoms with Crippen LogP contribution in [0.15, 0.2) is 53.6 Å². The molecule has 2 aromatic rings. The SMILES string of the molecule is C/C(=N\N)C1CN(C)c2ccc(Cl)cc2C1(O)c1ccccc1. The van der Waals surface area contributed by atoms with Crippen LogP contribution in [0.2, 0.25) is 5.02 Å². The van der Waals surface area contributed by atoms with Crippen molar-refractivity contribution in [2.75, 3.05) is 18.5 Å². The number of aliphatic hydroxyl groups is 1. The molecule has 1 heterocycles. The maximum absolute atomic E-state index is 11.8. The molecule has 3 rings (SSSR count). The van der Waals surface area contributed by atoms with E-state index in [1.807, 2.05) is 62.5 Å². The molecule has 0 saturated heterocycles. The maximum atomic E-state index is 11.8. The molecule has 0 fully saturated rings. The molecule has 0 radical (unpaired) electrons. The van der Waals surface area contributed by atoms with Crippen molar-refractivity contribution < 1.29 is 5.11 Å². The number of nitrogens with zero attached hydrogens (tertiary/aromatic N) is 2. The normalized spacial score (nSPS) is 24.4.